The van der Waals surface area contributed by atoms with Gasteiger partial charge >= 0.3 is 5.97 Å². The van der Waals surface area contributed by atoms with Gasteiger partial charge in [0.1, 0.15) is 5.75 Å². The highest BCUT2D eigenvalue weighted by Gasteiger charge is 2.16. The van der Waals surface area contributed by atoms with Gasteiger partial charge in [-0.2, -0.15) is 0 Å². The van der Waals surface area contributed by atoms with Crippen molar-refractivity contribution in [3.05, 3.63) is 23.8 Å². The molecule has 88 valence electrons. The number of carboxylic acids is 1. The van der Waals surface area contributed by atoms with E-state index >= 15 is 0 Å². The van der Waals surface area contributed by atoms with Crippen molar-refractivity contribution in [3.8, 4) is 5.75 Å². The molecule has 0 aliphatic carbocycles. The van der Waals surface area contributed by atoms with E-state index in [9.17, 15) is 13.2 Å². The topological polar surface area (TPSA) is 104 Å². The zero-order chi connectivity index (χ0) is 12.3. The van der Waals surface area contributed by atoms with Crippen molar-refractivity contribution in [1.29, 1.82) is 0 Å². The van der Waals surface area contributed by atoms with Gasteiger partial charge < -0.3 is 10.2 Å². The van der Waals surface area contributed by atoms with Crippen molar-refractivity contribution in [2.75, 3.05) is 10.5 Å². The number of benzene rings is 1. The number of anilines is 1. The van der Waals surface area contributed by atoms with Crippen molar-refractivity contribution < 1.29 is 23.4 Å². The van der Waals surface area contributed by atoms with E-state index in [2.05, 4.69) is 4.72 Å². The number of hydrogen-bond acceptors (Lipinski definition) is 4. The number of phenolic OH excluding ortho intramolecular Hbond substituents is 1. The molecule has 0 unspecified atom stereocenters. The van der Waals surface area contributed by atoms with E-state index in [0.717, 1.165) is 0 Å². The molecule has 0 bridgehead atoms. The monoisotopic (exact) mass is 245 g/mol. The Morgan fingerprint density at radius 2 is 2.06 bits per heavy atom. The molecule has 0 aliphatic rings. The molecule has 0 aromatic heterocycles. The number of phenols is 1. The molecule has 1 aromatic rings. The van der Waals surface area contributed by atoms with Crippen LogP contribution in [0, 0.1) is 6.92 Å². The lowest BCUT2D eigenvalue weighted by Gasteiger charge is -2.09. The second kappa shape index (κ2) is 4.40. The summed E-state index contributed by atoms with van der Waals surface area (Å²) in [4.78, 5) is 10.3. The highest BCUT2D eigenvalue weighted by Crippen LogP contribution is 2.21. The van der Waals surface area contributed by atoms with Gasteiger partial charge in [0.25, 0.3) is 0 Å². The minimum atomic E-state index is -3.90. The summed E-state index contributed by atoms with van der Waals surface area (Å²) in [5, 5.41) is 17.5. The van der Waals surface area contributed by atoms with Crippen LogP contribution in [0.15, 0.2) is 18.2 Å². The Kier molecular flexibility index (Phi) is 3.38. The maximum absolute atomic E-state index is 11.3. The average molecular weight is 245 g/mol. The van der Waals surface area contributed by atoms with Gasteiger partial charge in [-0.25, -0.2) is 8.42 Å². The van der Waals surface area contributed by atoms with Gasteiger partial charge in [-0.05, 0) is 30.7 Å². The highest BCUT2D eigenvalue weighted by molar-refractivity contribution is 7.93. The first kappa shape index (κ1) is 12.3. The highest BCUT2D eigenvalue weighted by atomic mass is 32.2. The largest absolute Gasteiger partial charge is 0.508 e. The molecule has 0 saturated carbocycles. The lowest BCUT2D eigenvalue weighted by Crippen LogP contribution is -2.22. The van der Waals surface area contributed by atoms with Crippen LogP contribution in [0.2, 0.25) is 0 Å². The summed E-state index contributed by atoms with van der Waals surface area (Å²) in [6, 6.07) is 4.05. The number of aromatic hydroxyl groups is 1. The second-order valence-electron chi connectivity index (χ2n) is 3.25. The predicted molar refractivity (Wildman–Crippen MR) is 57.9 cm³/mol. The standard InChI is InChI=1S/C9H11NO5S/c1-6-4-7(11)2-3-8(6)10-16(14,15)5-9(12)13/h2-4,10-11H,5H2,1H3,(H,12,13). The first-order chi connectivity index (χ1) is 7.30. The van der Waals surface area contributed by atoms with Crippen LogP contribution in [0.3, 0.4) is 0 Å². The number of hydrogen-bond donors (Lipinski definition) is 3. The number of aliphatic carboxylic acids is 1. The lowest BCUT2D eigenvalue weighted by atomic mass is 10.2. The van der Waals surface area contributed by atoms with Crippen LogP contribution < -0.4 is 4.72 Å². The first-order valence-electron chi connectivity index (χ1n) is 4.32. The van der Waals surface area contributed by atoms with Crippen molar-refractivity contribution in [2.45, 2.75) is 6.92 Å². The van der Waals surface area contributed by atoms with Gasteiger partial charge in [0.2, 0.25) is 10.0 Å². The van der Waals surface area contributed by atoms with Gasteiger partial charge in [0, 0.05) is 0 Å². The average Bonchev–Trinajstić information content (AvgIpc) is 2.07. The number of sulfonamides is 1. The van der Waals surface area contributed by atoms with E-state index < -0.39 is 21.7 Å². The second-order valence-corrected chi connectivity index (χ2v) is 4.98. The molecule has 0 amide bonds. The summed E-state index contributed by atoms with van der Waals surface area (Å²) >= 11 is 0. The summed E-state index contributed by atoms with van der Waals surface area (Å²) in [5.74, 6) is -2.41. The third kappa shape index (κ3) is 3.43. The SMILES string of the molecule is Cc1cc(O)ccc1NS(=O)(=O)CC(=O)O. The Morgan fingerprint density at radius 1 is 1.44 bits per heavy atom. The van der Waals surface area contributed by atoms with Gasteiger partial charge in [-0.1, -0.05) is 0 Å². The first-order valence-corrected chi connectivity index (χ1v) is 5.97. The summed E-state index contributed by atoms with van der Waals surface area (Å²) in [5.41, 5.74) is 0.757. The number of aryl methyl sites for hydroxylation is 1. The molecule has 6 nitrogen and oxygen atoms in total. The zero-order valence-corrected chi connectivity index (χ0v) is 9.28. The Bertz CT molecular complexity index is 509. The number of carbonyl (C=O) groups is 1. The molecule has 3 N–H and O–H groups in total. The molecule has 0 fully saturated rings. The number of rotatable bonds is 4. The minimum Gasteiger partial charge on any atom is -0.508 e. The zero-order valence-electron chi connectivity index (χ0n) is 8.47. The number of nitrogens with one attached hydrogen (secondary N) is 1. The fourth-order valence-corrected chi connectivity index (χ4v) is 2.09. The molecular weight excluding hydrogens is 234 g/mol. The van der Waals surface area contributed by atoms with E-state index in [1.165, 1.54) is 18.2 Å². The smallest absolute Gasteiger partial charge is 0.320 e. The molecule has 0 spiro atoms. The van der Waals surface area contributed by atoms with Gasteiger partial charge in [-0.3, -0.25) is 9.52 Å². The Hall–Kier alpha value is -1.76. The fourth-order valence-electron chi connectivity index (χ4n) is 1.13. The van der Waals surface area contributed by atoms with E-state index in [1.807, 2.05) is 0 Å². The maximum Gasteiger partial charge on any atom is 0.320 e. The van der Waals surface area contributed by atoms with E-state index in [1.54, 1.807) is 6.92 Å². The van der Waals surface area contributed by atoms with Crippen molar-refractivity contribution in [1.82, 2.24) is 0 Å². The Labute approximate surface area is 92.6 Å². The van der Waals surface area contributed by atoms with E-state index in [4.69, 9.17) is 10.2 Å². The van der Waals surface area contributed by atoms with Crippen LogP contribution in [-0.4, -0.2) is 30.4 Å². The summed E-state index contributed by atoms with van der Waals surface area (Å²) < 4.78 is 24.7. The summed E-state index contributed by atoms with van der Waals surface area (Å²) in [6.45, 7) is 1.60. The normalized spacial score (nSPS) is 11.1. The molecule has 1 rings (SSSR count). The molecule has 0 saturated heterocycles. The molecule has 0 atom stereocenters. The van der Waals surface area contributed by atoms with Crippen LogP contribution in [0.5, 0.6) is 5.75 Å². The molecular formula is C9H11NO5S. The summed E-state index contributed by atoms with van der Waals surface area (Å²) in [7, 11) is -3.90. The van der Waals surface area contributed by atoms with Gasteiger partial charge in [0.15, 0.2) is 5.75 Å². The van der Waals surface area contributed by atoms with Crippen LogP contribution in [0.25, 0.3) is 0 Å². The molecule has 0 aliphatic heterocycles. The van der Waals surface area contributed by atoms with Gasteiger partial charge in [0.05, 0.1) is 5.69 Å². The fraction of sp³-hybridized carbons (Fsp3) is 0.222. The number of carboxylic acid groups (broad SMARTS) is 1. The third-order valence-electron chi connectivity index (χ3n) is 1.79. The van der Waals surface area contributed by atoms with Crippen molar-refractivity contribution >= 4 is 21.7 Å². The minimum absolute atomic E-state index is 0.0127. The van der Waals surface area contributed by atoms with Crippen molar-refractivity contribution in [2.24, 2.45) is 0 Å². The van der Waals surface area contributed by atoms with Crippen LogP contribution >= 0.6 is 0 Å². The van der Waals surface area contributed by atoms with Crippen LogP contribution in [0.4, 0.5) is 5.69 Å². The van der Waals surface area contributed by atoms with Crippen molar-refractivity contribution in [3.63, 3.8) is 0 Å². The maximum atomic E-state index is 11.3. The molecule has 1 aromatic carbocycles. The van der Waals surface area contributed by atoms with Gasteiger partial charge in [-0.15, -0.1) is 0 Å². The van der Waals surface area contributed by atoms with E-state index in [0.29, 0.717) is 5.56 Å². The molecule has 7 heteroatoms. The predicted octanol–water partition coefficient (Wildman–Crippen LogP) is 0.527. The lowest BCUT2D eigenvalue weighted by molar-refractivity contribution is -0.134. The molecule has 16 heavy (non-hydrogen) atoms. The Balaban J connectivity index is 2.92. The third-order valence-corrected chi connectivity index (χ3v) is 2.95. The van der Waals surface area contributed by atoms with E-state index in [-0.39, 0.29) is 11.4 Å². The summed E-state index contributed by atoms with van der Waals surface area (Å²) in [6.07, 6.45) is 0. The molecule has 0 radical (unpaired) electrons. The van der Waals surface area contributed by atoms with Crippen LogP contribution in [-0.2, 0) is 14.8 Å². The Morgan fingerprint density at radius 3 is 2.56 bits per heavy atom. The quantitative estimate of drug-likeness (QED) is 0.671. The molecule has 0 heterocycles. The van der Waals surface area contributed by atoms with Crippen LogP contribution in [0.1, 0.15) is 5.56 Å².